The van der Waals surface area contributed by atoms with Gasteiger partial charge in [-0.15, -0.1) is 0 Å². The molecule has 0 aliphatic heterocycles. The minimum atomic E-state index is 0.434. The summed E-state index contributed by atoms with van der Waals surface area (Å²) in [6, 6.07) is 8.16. The Balaban J connectivity index is 2.34. The Morgan fingerprint density at radius 3 is 2.83 bits per heavy atom. The molecule has 2 aromatic heterocycles. The fourth-order valence-electron chi connectivity index (χ4n) is 2.39. The maximum Gasteiger partial charge on any atom is 0.174 e. The van der Waals surface area contributed by atoms with Crippen molar-refractivity contribution in [1.82, 2.24) is 10.1 Å². The van der Waals surface area contributed by atoms with Gasteiger partial charge in [0.05, 0.1) is 5.69 Å². The fourth-order valence-corrected chi connectivity index (χ4v) is 2.39. The zero-order valence-electron chi connectivity index (χ0n) is 10.4. The summed E-state index contributed by atoms with van der Waals surface area (Å²) < 4.78 is 5.47. The first-order valence-electron chi connectivity index (χ1n) is 5.95. The van der Waals surface area contributed by atoms with Crippen LogP contribution < -0.4 is 5.73 Å². The van der Waals surface area contributed by atoms with E-state index in [1.165, 1.54) is 0 Å². The van der Waals surface area contributed by atoms with E-state index in [2.05, 4.69) is 22.3 Å². The standard InChI is InChI=1S/C14H15N3O/c1-8-11(7-15)14(18-17-8)13-9(2)16-12-6-4-3-5-10(12)13/h3-6,16H,7,15H2,1-2H3. The van der Waals surface area contributed by atoms with E-state index < -0.39 is 0 Å². The third-order valence-electron chi connectivity index (χ3n) is 3.31. The normalized spacial score (nSPS) is 11.3. The Morgan fingerprint density at radius 2 is 2.06 bits per heavy atom. The summed E-state index contributed by atoms with van der Waals surface area (Å²) in [4.78, 5) is 3.36. The fraction of sp³-hybridized carbons (Fsp3) is 0.214. The van der Waals surface area contributed by atoms with Crippen molar-refractivity contribution in [3.63, 3.8) is 0 Å². The largest absolute Gasteiger partial charge is 0.358 e. The van der Waals surface area contributed by atoms with Crippen molar-refractivity contribution in [2.24, 2.45) is 5.73 Å². The molecule has 4 nitrogen and oxygen atoms in total. The second kappa shape index (κ2) is 3.99. The Kier molecular flexibility index (Phi) is 2.45. The van der Waals surface area contributed by atoms with Crippen molar-refractivity contribution in [1.29, 1.82) is 0 Å². The quantitative estimate of drug-likeness (QED) is 0.724. The predicted molar refractivity (Wildman–Crippen MR) is 71.2 cm³/mol. The average Bonchev–Trinajstić information content (AvgIpc) is 2.88. The van der Waals surface area contributed by atoms with Gasteiger partial charge >= 0.3 is 0 Å². The van der Waals surface area contributed by atoms with Crippen molar-refractivity contribution in [3.05, 3.63) is 41.2 Å². The summed E-state index contributed by atoms with van der Waals surface area (Å²) in [6.45, 7) is 4.39. The summed E-state index contributed by atoms with van der Waals surface area (Å²) in [5, 5.41) is 5.16. The van der Waals surface area contributed by atoms with Gasteiger partial charge < -0.3 is 15.2 Å². The number of para-hydroxylation sites is 1. The maximum absolute atomic E-state index is 5.79. The molecular weight excluding hydrogens is 226 g/mol. The van der Waals surface area contributed by atoms with Gasteiger partial charge in [-0.3, -0.25) is 0 Å². The summed E-state index contributed by atoms with van der Waals surface area (Å²) in [5.74, 6) is 0.782. The molecule has 0 bridgehead atoms. The van der Waals surface area contributed by atoms with Crippen LogP contribution in [-0.2, 0) is 6.54 Å². The van der Waals surface area contributed by atoms with Crippen molar-refractivity contribution >= 4 is 10.9 Å². The highest BCUT2D eigenvalue weighted by atomic mass is 16.5. The number of nitrogens with one attached hydrogen (secondary N) is 1. The highest BCUT2D eigenvalue weighted by Crippen LogP contribution is 2.34. The monoisotopic (exact) mass is 241 g/mol. The highest BCUT2D eigenvalue weighted by Gasteiger charge is 2.19. The molecule has 18 heavy (non-hydrogen) atoms. The van der Waals surface area contributed by atoms with Gasteiger partial charge in [0.1, 0.15) is 0 Å². The molecule has 0 atom stereocenters. The molecule has 0 radical (unpaired) electrons. The molecule has 2 heterocycles. The van der Waals surface area contributed by atoms with Gasteiger partial charge in [-0.05, 0) is 19.9 Å². The maximum atomic E-state index is 5.79. The van der Waals surface area contributed by atoms with Gasteiger partial charge in [-0.25, -0.2) is 0 Å². The van der Waals surface area contributed by atoms with E-state index in [9.17, 15) is 0 Å². The third kappa shape index (κ3) is 1.46. The van der Waals surface area contributed by atoms with Gasteiger partial charge in [0, 0.05) is 34.3 Å². The van der Waals surface area contributed by atoms with E-state index in [1.54, 1.807) is 0 Å². The van der Waals surface area contributed by atoms with Crippen molar-refractivity contribution in [2.45, 2.75) is 20.4 Å². The number of hydrogen-bond donors (Lipinski definition) is 2. The van der Waals surface area contributed by atoms with Gasteiger partial charge in [-0.2, -0.15) is 0 Å². The number of fused-ring (bicyclic) bond motifs is 1. The number of benzene rings is 1. The van der Waals surface area contributed by atoms with Crippen molar-refractivity contribution in [2.75, 3.05) is 0 Å². The number of aromatic amines is 1. The number of hydrogen-bond acceptors (Lipinski definition) is 3. The molecule has 3 N–H and O–H groups in total. The molecule has 1 aromatic carbocycles. The molecule has 3 aromatic rings. The number of rotatable bonds is 2. The molecule has 0 spiro atoms. The van der Waals surface area contributed by atoms with E-state index in [4.69, 9.17) is 10.3 Å². The SMILES string of the molecule is Cc1noc(-c2c(C)[nH]c3ccccc23)c1CN. The first-order valence-corrected chi connectivity index (χ1v) is 5.95. The molecule has 0 aliphatic carbocycles. The predicted octanol–water partition coefficient (Wildman–Crippen LogP) is 2.90. The van der Waals surface area contributed by atoms with Crippen molar-refractivity contribution in [3.8, 4) is 11.3 Å². The number of H-pyrrole nitrogens is 1. The van der Waals surface area contributed by atoms with E-state index in [0.29, 0.717) is 6.54 Å². The van der Waals surface area contributed by atoms with Crippen molar-refractivity contribution < 1.29 is 4.52 Å². The zero-order valence-corrected chi connectivity index (χ0v) is 10.4. The summed E-state index contributed by atoms with van der Waals surface area (Å²) >= 11 is 0. The number of nitrogens with zero attached hydrogens (tertiary/aromatic N) is 1. The zero-order chi connectivity index (χ0) is 12.7. The van der Waals surface area contributed by atoms with Crippen LogP contribution in [-0.4, -0.2) is 10.1 Å². The molecule has 0 amide bonds. The average molecular weight is 241 g/mol. The first-order chi connectivity index (χ1) is 8.72. The molecule has 3 rings (SSSR count). The Hall–Kier alpha value is -2.07. The van der Waals surface area contributed by atoms with Crippen LogP contribution in [0.2, 0.25) is 0 Å². The number of nitrogens with two attached hydrogens (primary N) is 1. The topological polar surface area (TPSA) is 67.8 Å². The van der Waals surface area contributed by atoms with Gasteiger partial charge in [-0.1, -0.05) is 23.4 Å². The smallest absolute Gasteiger partial charge is 0.174 e. The van der Waals surface area contributed by atoms with Crippen LogP contribution >= 0.6 is 0 Å². The van der Waals surface area contributed by atoms with Crippen LogP contribution in [0.15, 0.2) is 28.8 Å². The van der Waals surface area contributed by atoms with Crippen LogP contribution in [0, 0.1) is 13.8 Å². The van der Waals surface area contributed by atoms with Gasteiger partial charge in [0.15, 0.2) is 5.76 Å². The lowest BCUT2D eigenvalue weighted by Crippen LogP contribution is -1.98. The Morgan fingerprint density at radius 1 is 1.28 bits per heavy atom. The molecule has 0 unspecified atom stereocenters. The third-order valence-corrected chi connectivity index (χ3v) is 3.31. The van der Waals surface area contributed by atoms with Crippen LogP contribution in [0.25, 0.3) is 22.2 Å². The van der Waals surface area contributed by atoms with Gasteiger partial charge in [0.25, 0.3) is 0 Å². The first kappa shape index (κ1) is 11.0. The lowest BCUT2D eigenvalue weighted by Gasteiger charge is -1.99. The van der Waals surface area contributed by atoms with E-state index in [0.717, 1.165) is 39.2 Å². The Labute approximate surface area is 105 Å². The van der Waals surface area contributed by atoms with Crippen LogP contribution in [0.1, 0.15) is 17.0 Å². The summed E-state index contributed by atoms with van der Waals surface area (Å²) in [5.41, 5.74) is 10.9. The molecule has 0 aliphatic rings. The highest BCUT2D eigenvalue weighted by molar-refractivity contribution is 5.96. The minimum absolute atomic E-state index is 0.434. The molecule has 92 valence electrons. The lowest BCUT2D eigenvalue weighted by molar-refractivity contribution is 0.427. The second-order valence-electron chi connectivity index (χ2n) is 4.45. The second-order valence-corrected chi connectivity index (χ2v) is 4.45. The van der Waals surface area contributed by atoms with Gasteiger partial charge in [0.2, 0.25) is 0 Å². The summed E-state index contributed by atoms with van der Waals surface area (Å²) in [7, 11) is 0. The van der Waals surface area contributed by atoms with E-state index in [1.807, 2.05) is 26.0 Å². The number of aryl methyl sites for hydroxylation is 2. The Bertz CT molecular complexity index is 709. The summed E-state index contributed by atoms with van der Waals surface area (Å²) in [6.07, 6.45) is 0. The molecule has 0 saturated heterocycles. The van der Waals surface area contributed by atoms with Crippen LogP contribution in [0.5, 0.6) is 0 Å². The van der Waals surface area contributed by atoms with E-state index in [-0.39, 0.29) is 0 Å². The lowest BCUT2D eigenvalue weighted by atomic mass is 10.0. The van der Waals surface area contributed by atoms with Crippen LogP contribution in [0.3, 0.4) is 0 Å². The minimum Gasteiger partial charge on any atom is -0.358 e. The molecule has 4 heteroatoms. The van der Waals surface area contributed by atoms with Crippen LogP contribution in [0.4, 0.5) is 0 Å². The number of aromatic nitrogens is 2. The van der Waals surface area contributed by atoms with E-state index >= 15 is 0 Å². The molecule has 0 fully saturated rings. The molecular formula is C14H15N3O. The molecule has 0 saturated carbocycles.